The van der Waals surface area contributed by atoms with Gasteiger partial charge in [-0.1, -0.05) is 18.2 Å². The molecule has 0 spiro atoms. The molecule has 1 aromatic heterocycles. The lowest BCUT2D eigenvalue weighted by atomic mass is 10.1. The molecule has 0 aliphatic heterocycles. The van der Waals surface area contributed by atoms with E-state index in [0.717, 1.165) is 27.8 Å². The highest BCUT2D eigenvalue weighted by Gasteiger charge is 2.10. The van der Waals surface area contributed by atoms with Crippen molar-refractivity contribution in [3.8, 4) is 5.75 Å². The Morgan fingerprint density at radius 1 is 1.22 bits per heavy atom. The van der Waals surface area contributed by atoms with Crippen LogP contribution in [0.5, 0.6) is 5.75 Å². The number of hydrogen-bond donors (Lipinski definition) is 0. The van der Waals surface area contributed by atoms with Gasteiger partial charge in [0.05, 0.1) is 23.2 Å². The number of para-hydroxylation sites is 1. The average Bonchev–Trinajstić information content (AvgIpc) is 2.92. The quantitative estimate of drug-likeness (QED) is 0.533. The van der Waals surface area contributed by atoms with Gasteiger partial charge in [-0.25, -0.2) is 0 Å². The van der Waals surface area contributed by atoms with Crippen LogP contribution < -0.4 is 4.74 Å². The molecule has 0 atom stereocenters. The Labute approximate surface area is 133 Å². The van der Waals surface area contributed by atoms with Crippen LogP contribution >= 0.6 is 0 Å². The summed E-state index contributed by atoms with van der Waals surface area (Å²) in [6, 6.07) is 10.8. The normalized spacial score (nSPS) is 10.9. The van der Waals surface area contributed by atoms with Gasteiger partial charge in [0.2, 0.25) is 0 Å². The molecule has 23 heavy (non-hydrogen) atoms. The van der Waals surface area contributed by atoms with E-state index < -0.39 is 4.92 Å². The van der Waals surface area contributed by atoms with E-state index >= 15 is 0 Å². The van der Waals surface area contributed by atoms with Crippen LogP contribution in [0.25, 0.3) is 10.9 Å². The van der Waals surface area contributed by atoms with Crippen LogP contribution in [0.2, 0.25) is 0 Å². The minimum atomic E-state index is -0.399. The van der Waals surface area contributed by atoms with Crippen LogP contribution in [0.15, 0.2) is 42.6 Å². The van der Waals surface area contributed by atoms with Crippen LogP contribution in [0.3, 0.4) is 0 Å². The SMILES string of the molecule is Cc1cccc(C)c1OCCn1ncc2ccc([N+](=O)[O-])cc21. The zero-order valence-corrected chi connectivity index (χ0v) is 13.0. The standard InChI is InChI=1S/C17H17N3O3/c1-12-4-3-5-13(2)17(12)23-9-8-19-16-10-15(20(21)22)7-6-14(16)11-18-19/h3-7,10-11H,8-9H2,1-2H3. The van der Waals surface area contributed by atoms with Gasteiger partial charge in [-0.05, 0) is 31.0 Å². The maximum atomic E-state index is 10.9. The molecule has 0 radical (unpaired) electrons. The summed E-state index contributed by atoms with van der Waals surface area (Å²) in [7, 11) is 0. The molecule has 0 unspecified atom stereocenters. The van der Waals surface area contributed by atoms with Crippen molar-refractivity contribution < 1.29 is 9.66 Å². The van der Waals surface area contributed by atoms with Crippen LogP contribution in [0.4, 0.5) is 5.69 Å². The molecule has 2 aromatic carbocycles. The number of rotatable bonds is 5. The molecular weight excluding hydrogens is 294 g/mol. The first-order valence-electron chi connectivity index (χ1n) is 7.35. The first-order chi connectivity index (χ1) is 11.1. The second-order valence-electron chi connectivity index (χ2n) is 5.44. The van der Waals surface area contributed by atoms with Gasteiger partial charge in [-0.15, -0.1) is 0 Å². The second kappa shape index (κ2) is 6.08. The number of nitrogens with zero attached hydrogens (tertiary/aromatic N) is 3. The van der Waals surface area contributed by atoms with Gasteiger partial charge in [-0.3, -0.25) is 14.8 Å². The van der Waals surface area contributed by atoms with E-state index in [1.807, 2.05) is 32.0 Å². The Balaban J connectivity index is 1.77. The van der Waals surface area contributed by atoms with Crippen LogP contribution in [0, 0.1) is 24.0 Å². The number of fused-ring (bicyclic) bond motifs is 1. The Hall–Kier alpha value is -2.89. The fraction of sp³-hybridized carbons (Fsp3) is 0.235. The third-order valence-electron chi connectivity index (χ3n) is 3.80. The molecule has 0 amide bonds. The third-order valence-corrected chi connectivity index (χ3v) is 3.80. The van der Waals surface area contributed by atoms with Gasteiger partial charge >= 0.3 is 0 Å². The minimum Gasteiger partial charge on any atom is -0.491 e. The highest BCUT2D eigenvalue weighted by Crippen LogP contribution is 2.23. The zero-order valence-electron chi connectivity index (χ0n) is 13.0. The number of nitro benzene ring substituents is 1. The molecule has 118 valence electrons. The minimum absolute atomic E-state index is 0.0647. The summed E-state index contributed by atoms with van der Waals surface area (Å²) < 4.78 is 7.60. The fourth-order valence-electron chi connectivity index (χ4n) is 2.61. The predicted octanol–water partition coefficient (Wildman–Crippen LogP) is 3.64. The summed E-state index contributed by atoms with van der Waals surface area (Å²) in [5.74, 6) is 0.884. The summed E-state index contributed by atoms with van der Waals surface area (Å²) in [4.78, 5) is 10.5. The Kier molecular flexibility index (Phi) is 3.97. The van der Waals surface area contributed by atoms with Gasteiger partial charge in [0.25, 0.3) is 5.69 Å². The maximum absolute atomic E-state index is 10.9. The van der Waals surface area contributed by atoms with Crippen molar-refractivity contribution in [1.29, 1.82) is 0 Å². The van der Waals surface area contributed by atoms with E-state index in [1.54, 1.807) is 23.0 Å². The zero-order chi connectivity index (χ0) is 16.4. The molecule has 6 nitrogen and oxygen atoms in total. The molecule has 3 aromatic rings. The van der Waals surface area contributed by atoms with Crippen molar-refractivity contribution in [1.82, 2.24) is 9.78 Å². The molecule has 0 N–H and O–H groups in total. The largest absolute Gasteiger partial charge is 0.491 e. The van der Waals surface area contributed by atoms with E-state index in [0.29, 0.717) is 13.2 Å². The molecule has 3 rings (SSSR count). The summed E-state index contributed by atoms with van der Waals surface area (Å²) in [6.45, 7) is 4.99. The number of non-ortho nitro benzene ring substituents is 1. The predicted molar refractivity (Wildman–Crippen MR) is 87.8 cm³/mol. The third kappa shape index (κ3) is 3.01. The topological polar surface area (TPSA) is 70.2 Å². The molecule has 0 saturated heterocycles. The summed E-state index contributed by atoms with van der Waals surface area (Å²) in [5.41, 5.74) is 2.98. The molecule has 6 heteroatoms. The molecular formula is C17H17N3O3. The number of aryl methyl sites for hydroxylation is 2. The van der Waals surface area contributed by atoms with Gasteiger partial charge < -0.3 is 4.74 Å². The maximum Gasteiger partial charge on any atom is 0.271 e. The highest BCUT2D eigenvalue weighted by atomic mass is 16.6. The van der Waals surface area contributed by atoms with E-state index in [2.05, 4.69) is 5.10 Å². The van der Waals surface area contributed by atoms with Crippen molar-refractivity contribution in [2.45, 2.75) is 20.4 Å². The molecule has 0 aliphatic carbocycles. The lowest BCUT2D eigenvalue weighted by molar-refractivity contribution is -0.384. The van der Waals surface area contributed by atoms with Crippen molar-refractivity contribution in [3.05, 3.63) is 63.8 Å². The molecule has 0 saturated carbocycles. The van der Waals surface area contributed by atoms with Gasteiger partial charge in [0, 0.05) is 17.5 Å². The van der Waals surface area contributed by atoms with Crippen LogP contribution in [0.1, 0.15) is 11.1 Å². The first-order valence-corrected chi connectivity index (χ1v) is 7.35. The van der Waals surface area contributed by atoms with Gasteiger partial charge in [0.1, 0.15) is 12.4 Å². The van der Waals surface area contributed by atoms with E-state index in [4.69, 9.17) is 4.74 Å². The highest BCUT2D eigenvalue weighted by molar-refractivity contribution is 5.80. The van der Waals surface area contributed by atoms with E-state index in [9.17, 15) is 10.1 Å². The van der Waals surface area contributed by atoms with Crippen molar-refractivity contribution in [2.24, 2.45) is 0 Å². The summed E-state index contributed by atoms with van der Waals surface area (Å²) in [6.07, 6.45) is 1.71. The second-order valence-corrected chi connectivity index (χ2v) is 5.44. The molecule has 0 aliphatic rings. The average molecular weight is 311 g/mol. The van der Waals surface area contributed by atoms with Gasteiger partial charge in [-0.2, -0.15) is 5.10 Å². The molecule has 0 bridgehead atoms. The lowest BCUT2D eigenvalue weighted by Crippen LogP contribution is -2.10. The fourth-order valence-corrected chi connectivity index (χ4v) is 2.61. The smallest absolute Gasteiger partial charge is 0.271 e. The van der Waals surface area contributed by atoms with Gasteiger partial charge in [0.15, 0.2) is 0 Å². The van der Waals surface area contributed by atoms with Crippen molar-refractivity contribution in [3.63, 3.8) is 0 Å². The van der Waals surface area contributed by atoms with E-state index in [1.165, 1.54) is 6.07 Å². The Bertz CT molecular complexity index is 850. The van der Waals surface area contributed by atoms with E-state index in [-0.39, 0.29) is 5.69 Å². The first kappa shape index (κ1) is 15.0. The van der Waals surface area contributed by atoms with Crippen molar-refractivity contribution >= 4 is 16.6 Å². The Morgan fingerprint density at radius 2 is 1.96 bits per heavy atom. The number of aromatic nitrogens is 2. The monoisotopic (exact) mass is 311 g/mol. The lowest BCUT2D eigenvalue weighted by Gasteiger charge is -2.12. The number of benzene rings is 2. The number of nitro groups is 1. The molecule has 0 fully saturated rings. The molecule has 1 heterocycles. The number of ether oxygens (including phenoxy) is 1. The Morgan fingerprint density at radius 3 is 2.65 bits per heavy atom. The number of hydrogen-bond acceptors (Lipinski definition) is 4. The summed E-state index contributed by atoms with van der Waals surface area (Å²) >= 11 is 0. The van der Waals surface area contributed by atoms with Crippen LogP contribution in [-0.2, 0) is 6.54 Å². The summed E-state index contributed by atoms with van der Waals surface area (Å²) in [5, 5.41) is 16.1. The van der Waals surface area contributed by atoms with Crippen LogP contribution in [-0.4, -0.2) is 21.3 Å². The van der Waals surface area contributed by atoms with Crippen molar-refractivity contribution in [2.75, 3.05) is 6.61 Å².